The van der Waals surface area contributed by atoms with E-state index >= 15 is 0 Å². The fraction of sp³-hybridized carbons (Fsp3) is 0.0500. The first-order valence-electron chi connectivity index (χ1n) is 8.04. The molecular weight excluding hydrogens is 364 g/mol. The molecule has 7 heteroatoms. The Morgan fingerprint density at radius 2 is 1.70 bits per heavy atom. The predicted octanol–water partition coefficient (Wildman–Crippen LogP) is 4.26. The number of nitrogens with one attached hydrogen (secondary N) is 2. The molecule has 2 aromatic carbocycles. The van der Waals surface area contributed by atoms with E-state index in [1.165, 1.54) is 23.5 Å². The maximum atomic E-state index is 12.5. The van der Waals surface area contributed by atoms with E-state index in [2.05, 4.69) is 10.6 Å². The van der Waals surface area contributed by atoms with Crippen molar-refractivity contribution in [1.29, 1.82) is 0 Å². The van der Waals surface area contributed by atoms with Gasteiger partial charge in [0.25, 0.3) is 11.8 Å². The van der Waals surface area contributed by atoms with Crippen LogP contribution in [0.15, 0.2) is 60.0 Å². The van der Waals surface area contributed by atoms with Crippen molar-refractivity contribution in [3.05, 3.63) is 81.5 Å². The highest BCUT2D eigenvalue weighted by Gasteiger charge is 2.12. The molecule has 0 bridgehead atoms. The van der Waals surface area contributed by atoms with Gasteiger partial charge in [0.1, 0.15) is 0 Å². The van der Waals surface area contributed by atoms with Crippen LogP contribution in [0, 0.1) is 6.92 Å². The second-order valence-electron chi connectivity index (χ2n) is 5.80. The Labute approximate surface area is 159 Å². The largest absolute Gasteiger partial charge is 0.478 e. The third kappa shape index (κ3) is 4.39. The summed E-state index contributed by atoms with van der Waals surface area (Å²) in [4.78, 5) is 36.4. The first kappa shape index (κ1) is 18.3. The van der Waals surface area contributed by atoms with Crippen molar-refractivity contribution in [2.45, 2.75) is 6.92 Å². The number of aryl methyl sites for hydroxylation is 1. The first-order chi connectivity index (χ1) is 12.9. The molecule has 0 spiro atoms. The molecule has 6 nitrogen and oxygen atoms in total. The van der Waals surface area contributed by atoms with Gasteiger partial charge in [0, 0.05) is 16.9 Å². The molecule has 27 heavy (non-hydrogen) atoms. The lowest BCUT2D eigenvalue weighted by molar-refractivity contribution is 0.0696. The summed E-state index contributed by atoms with van der Waals surface area (Å²) in [6.07, 6.45) is 0. The van der Waals surface area contributed by atoms with Gasteiger partial charge in [-0.1, -0.05) is 18.2 Å². The van der Waals surface area contributed by atoms with Gasteiger partial charge in [-0.15, -0.1) is 11.3 Å². The van der Waals surface area contributed by atoms with Gasteiger partial charge in [-0.25, -0.2) is 4.79 Å². The lowest BCUT2D eigenvalue weighted by Gasteiger charge is -2.10. The fourth-order valence-corrected chi connectivity index (χ4v) is 3.04. The molecule has 3 aromatic rings. The minimum Gasteiger partial charge on any atom is -0.478 e. The molecule has 0 saturated heterocycles. The maximum absolute atomic E-state index is 12.5. The van der Waals surface area contributed by atoms with Crippen molar-refractivity contribution in [3.8, 4) is 0 Å². The maximum Gasteiger partial charge on any atom is 0.335 e. The number of aromatic carboxylic acids is 1. The van der Waals surface area contributed by atoms with E-state index in [9.17, 15) is 14.4 Å². The first-order valence-corrected chi connectivity index (χ1v) is 8.92. The van der Waals surface area contributed by atoms with E-state index < -0.39 is 11.9 Å². The average Bonchev–Trinajstić information content (AvgIpc) is 3.18. The van der Waals surface area contributed by atoms with Gasteiger partial charge in [-0.3, -0.25) is 9.59 Å². The number of rotatable bonds is 5. The minimum atomic E-state index is -1.07. The topological polar surface area (TPSA) is 95.5 Å². The second kappa shape index (κ2) is 7.84. The smallest absolute Gasteiger partial charge is 0.335 e. The quantitative estimate of drug-likeness (QED) is 0.616. The Bertz CT molecular complexity index is 1010. The van der Waals surface area contributed by atoms with Crippen molar-refractivity contribution in [1.82, 2.24) is 0 Å². The molecular formula is C20H16N2O4S. The summed E-state index contributed by atoms with van der Waals surface area (Å²) in [7, 11) is 0. The van der Waals surface area contributed by atoms with Gasteiger partial charge in [0.2, 0.25) is 0 Å². The molecule has 0 aliphatic rings. The van der Waals surface area contributed by atoms with Crippen LogP contribution < -0.4 is 10.6 Å². The number of hydrogen-bond donors (Lipinski definition) is 3. The number of carbonyl (C=O) groups excluding carboxylic acids is 2. The van der Waals surface area contributed by atoms with Gasteiger partial charge >= 0.3 is 5.97 Å². The van der Waals surface area contributed by atoms with Crippen LogP contribution in [0.3, 0.4) is 0 Å². The molecule has 136 valence electrons. The van der Waals surface area contributed by atoms with E-state index in [-0.39, 0.29) is 11.5 Å². The van der Waals surface area contributed by atoms with Gasteiger partial charge < -0.3 is 15.7 Å². The Morgan fingerprint density at radius 3 is 2.41 bits per heavy atom. The number of thiophene rings is 1. The zero-order valence-electron chi connectivity index (χ0n) is 14.4. The zero-order valence-corrected chi connectivity index (χ0v) is 15.2. The molecule has 0 fully saturated rings. The number of benzene rings is 2. The molecule has 0 saturated carbocycles. The molecule has 3 rings (SSSR count). The number of carboxylic acids is 1. The van der Waals surface area contributed by atoms with E-state index in [1.807, 2.05) is 5.38 Å². The highest BCUT2D eigenvalue weighted by molar-refractivity contribution is 7.12. The summed E-state index contributed by atoms with van der Waals surface area (Å²) >= 11 is 1.33. The number of hydrogen-bond acceptors (Lipinski definition) is 4. The lowest BCUT2D eigenvalue weighted by atomic mass is 10.1. The van der Waals surface area contributed by atoms with Gasteiger partial charge in [0.05, 0.1) is 10.4 Å². The van der Waals surface area contributed by atoms with Crippen LogP contribution in [0.4, 0.5) is 11.4 Å². The highest BCUT2D eigenvalue weighted by Crippen LogP contribution is 2.20. The van der Waals surface area contributed by atoms with Crippen LogP contribution in [0.1, 0.15) is 36.0 Å². The zero-order chi connectivity index (χ0) is 19.4. The number of carboxylic acid groups (broad SMARTS) is 1. The van der Waals surface area contributed by atoms with Crippen LogP contribution in [-0.4, -0.2) is 22.9 Å². The van der Waals surface area contributed by atoms with E-state index in [4.69, 9.17) is 5.11 Å². The molecule has 0 radical (unpaired) electrons. The summed E-state index contributed by atoms with van der Waals surface area (Å²) in [5.41, 5.74) is 2.10. The molecule has 0 aliphatic heterocycles. The molecule has 2 amide bonds. The van der Waals surface area contributed by atoms with Crippen LogP contribution in [-0.2, 0) is 0 Å². The summed E-state index contributed by atoms with van der Waals surface area (Å²) in [5, 5.41) is 16.4. The summed E-state index contributed by atoms with van der Waals surface area (Å²) in [5.74, 6) is -1.70. The fourth-order valence-electron chi connectivity index (χ4n) is 2.42. The van der Waals surface area contributed by atoms with Crippen molar-refractivity contribution < 1.29 is 19.5 Å². The van der Waals surface area contributed by atoms with Gasteiger partial charge in [-0.05, 0) is 54.3 Å². The summed E-state index contributed by atoms with van der Waals surface area (Å²) < 4.78 is 0. The SMILES string of the molecule is Cc1ccc(C(=O)O)cc1NC(=O)c1cccc(NC(=O)c2cccs2)c1. The van der Waals surface area contributed by atoms with Crippen molar-refractivity contribution in [2.75, 3.05) is 10.6 Å². The molecule has 3 N–H and O–H groups in total. The van der Waals surface area contributed by atoms with Crippen LogP contribution >= 0.6 is 11.3 Å². The third-order valence-corrected chi connectivity index (χ3v) is 4.73. The average molecular weight is 380 g/mol. The predicted molar refractivity (Wildman–Crippen MR) is 105 cm³/mol. The number of amides is 2. The Kier molecular flexibility index (Phi) is 5.33. The highest BCUT2D eigenvalue weighted by atomic mass is 32.1. The van der Waals surface area contributed by atoms with Gasteiger partial charge in [-0.2, -0.15) is 0 Å². The number of anilines is 2. The molecule has 1 heterocycles. The summed E-state index contributed by atoms with van der Waals surface area (Å²) in [6.45, 7) is 1.78. The Balaban J connectivity index is 1.77. The summed E-state index contributed by atoms with van der Waals surface area (Å²) in [6, 6.07) is 14.6. The lowest BCUT2D eigenvalue weighted by Crippen LogP contribution is -2.15. The van der Waals surface area contributed by atoms with Crippen molar-refractivity contribution in [2.24, 2.45) is 0 Å². The molecule has 0 unspecified atom stereocenters. The minimum absolute atomic E-state index is 0.0906. The molecule has 0 aliphatic carbocycles. The Hall–Kier alpha value is -3.45. The van der Waals surface area contributed by atoms with Crippen LogP contribution in [0.25, 0.3) is 0 Å². The normalized spacial score (nSPS) is 10.3. The van der Waals surface area contributed by atoms with Gasteiger partial charge in [0.15, 0.2) is 0 Å². The second-order valence-corrected chi connectivity index (χ2v) is 6.75. The monoisotopic (exact) mass is 380 g/mol. The Morgan fingerprint density at radius 1 is 0.889 bits per heavy atom. The van der Waals surface area contributed by atoms with Crippen molar-refractivity contribution in [3.63, 3.8) is 0 Å². The standard InChI is InChI=1S/C20H16N2O4S/c1-12-7-8-14(20(25)26)11-16(12)22-18(23)13-4-2-5-15(10-13)21-19(24)17-6-3-9-27-17/h2-11H,1H3,(H,21,24)(H,22,23)(H,25,26). The van der Waals surface area contributed by atoms with E-state index in [0.29, 0.717) is 21.8 Å². The van der Waals surface area contributed by atoms with E-state index in [0.717, 1.165) is 5.56 Å². The van der Waals surface area contributed by atoms with E-state index in [1.54, 1.807) is 49.4 Å². The van der Waals surface area contributed by atoms with Crippen LogP contribution in [0.2, 0.25) is 0 Å². The molecule has 0 atom stereocenters. The van der Waals surface area contributed by atoms with Crippen molar-refractivity contribution >= 4 is 40.5 Å². The third-order valence-electron chi connectivity index (χ3n) is 3.86. The molecule has 1 aromatic heterocycles. The number of carbonyl (C=O) groups is 3. The van der Waals surface area contributed by atoms with Crippen LogP contribution in [0.5, 0.6) is 0 Å².